The molecule has 2 aliphatic heterocycles. The van der Waals surface area contributed by atoms with Gasteiger partial charge in [0.2, 0.25) is 5.91 Å². The molecule has 0 radical (unpaired) electrons. The van der Waals surface area contributed by atoms with E-state index in [0.29, 0.717) is 29.6 Å². The predicted molar refractivity (Wildman–Crippen MR) is 152 cm³/mol. The van der Waals surface area contributed by atoms with E-state index >= 15 is 0 Å². The second-order valence-electron chi connectivity index (χ2n) is 8.85. The lowest BCUT2D eigenvalue weighted by Crippen LogP contribution is -2.57. The standard InChI is InChI=1S/C27H25N5O5S2/c1-2-37-22(33)15-19-24(34)28-11-13-30(19)23-18(25(35)31-12-7-6-10-21(31)29-23)14-20-26(36)32(27(38)39-20)16-17-8-4-3-5-9-17/h3-10,12,14,19H,2,11,13,15-16H2,1H3,(H,28,34). The highest BCUT2D eigenvalue weighted by atomic mass is 32.2. The molecule has 2 amide bonds. The number of thioether (sulfide) groups is 1. The number of anilines is 1. The van der Waals surface area contributed by atoms with Crippen LogP contribution in [-0.2, 0) is 25.7 Å². The Morgan fingerprint density at radius 2 is 1.95 bits per heavy atom. The molecular weight excluding hydrogens is 538 g/mol. The number of esters is 1. The zero-order chi connectivity index (χ0) is 27.5. The number of hydrogen-bond donors (Lipinski definition) is 1. The topological polar surface area (TPSA) is 113 Å². The molecule has 10 nitrogen and oxygen atoms in total. The van der Waals surface area contributed by atoms with Crippen molar-refractivity contribution in [2.75, 3.05) is 24.6 Å². The molecule has 2 saturated heterocycles. The Morgan fingerprint density at radius 3 is 2.72 bits per heavy atom. The summed E-state index contributed by atoms with van der Waals surface area (Å²) in [5, 5.41) is 2.77. The van der Waals surface area contributed by atoms with Crippen LogP contribution >= 0.6 is 24.0 Å². The Balaban J connectivity index is 1.59. The summed E-state index contributed by atoms with van der Waals surface area (Å²) in [7, 11) is 0. The first-order valence-corrected chi connectivity index (χ1v) is 13.6. The fourth-order valence-electron chi connectivity index (χ4n) is 4.52. The Bertz CT molecular complexity index is 1560. The van der Waals surface area contributed by atoms with Crippen LogP contribution in [0.25, 0.3) is 11.7 Å². The van der Waals surface area contributed by atoms with Crippen LogP contribution in [0.5, 0.6) is 0 Å². The van der Waals surface area contributed by atoms with Crippen LogP contribution in [0.3, 0.4) is 0 Å². The van der Waals surface area contributed by atoms with E-state index in [1.54, 1.807) is 36.2 Å². The van der Waals surface area contributed by atoms with Gasteiger partial charge in [0.05, 0.1) is 30.0 Å². The summed E-state index contributed by atoms with van der Waals surface area (Å²) >= 11 is 6.60. The lowest BCUT2D eigenvalue weighted by atomic mass is 10.1. The van der Waals surface area contributed by atoms with Crippen LogP contribution in [0.1, 0.15) is 24.5 Å². The average Bonchev–Trinajstić information content (AvgIpc) is 3.19. The molecule has 1 unspecified atom stereocenters. The molecule has 0 aliphatic carbocycles. The molecule has 3 aromatic rings. The van der Waals surface area contributed by atoms with Crippen molar-refractivity contribution >= 4 is 63.6 Å². The van der Waals surface area contributed by atoms with Gasteiger partial charge >= 0.3 is 5.97 Å². The van der Waals surface area contributed by atoms with E-state index in [0.717, 1.165) is 17.3 Å². The van der Waals surface area contributed by atoms with Crippen molar-refractivity contribution in [1.29, 1.82) is 0 Å². The summed E-state index contributed by atoms with van der Waals surface area (Å²) in [5.41, 5.74) is 1.00. The van der Waals surface area contributed by atoms with Crippen molar-refractivity contribution in [2.45, 2.75) is 25.9 Å². The summed E-state index contributed by atoms with van der Waals surface area (Å²) in [6.45, 7) is 2.78. The van der Waals surface area contributed by atoms with Crippen molar-refractivity contribution < 1.29 is 19.1 Å². The number of nitrogens with one attached hydrogen (secondary N) is 1. The number of amides is 2. The number of ether oxygens (including phenoxy) is 1. The van der Waals surface area contributed by atoms with Crippen molar-refractivity contribution in [2.24, 2.45) is 0 Å². The van der Waals surface area contributed by atoms with Gasteiger partial charge in [-0.1, -0.05) is 60.4 Å². The Morgan fingerprint density at radius 1 is 1.18 bits per heavy atom. The molecule has 2 fully saturated rings. The fraction of sp³-hybridized carbons (Fsp3) is 0.259. The normalized spacial score (nSPS) is 18.6. The number of fused-ring (bicyclic) bond motifs is 1. The third kappa shape index (κ3) is 5.43. The minimum atomic E-state index is -0.935. The lowest BCUT2D eigenvalue weighted by Gasteiger charge is -2.36. The zero-order valence-corrected chi connectivity index (χ0v) is 22.7. The van der Waals surface area contributed by atoms with E-state index in [4.69, 9.17) is 21.9 Å². The molecule has 4 heterocycles. The number of benzene rings is 1. The van der Waals surface area contributed by atoms with Gasteiger partial charge in [-0.25, -0.2) is 4.98 Å². The van der Waals surface area contributed by atoms with Gasteiger partial charge in [-0.2, -0.15) is 0 Å². The quantitative estimate of drug-likeness (QED) is 0.263. The van der Waals surface area contributed by atoms with Crippen LogP contribution in [-0.4, -0.2) is 62.1 Å². The van der Waals surface area contributed by atoms with E-state index in [9.17, 15) is 19.2 Å². The number of aromatic nitrogens is 2. The maximum Gasteiger partial charge on any atom is 0.308 e. The lowest BCUT2D eigenvalue weighted by molar-refractivity contribution is -0.145. The third-order valence-corrected chi connectivity index (χ3v) is 7.73. The van der Waals surface area contributed by atoms with Gasteiger partial charge in [0, 0.05) is 19.3 Å². The minimum absolute atomic E-state index is 0.127. The van der Waals surface area contributed by atoms with E-state index < -0.39 is 17.6 Å². The smallest absolute Gasteiger partial charge is 0.308 e. The average molecular weight is 564 g/mol. The first kappa shape index (κ1) is 26.6. The largest absolute Gasteiger partial charge is 0.466 e. The number of carbonyl (C=O) groups is 3. The van der Waals surface area contributed by atoms with Gasteiger partial charge in [0.15, 0.2) is 0 Å². The van der Waals surface area contributed by atoms with E-state index in [1.807, 2.05) is 30.3 Å². The van der Waals surface area contributed by atoms with Gasteiger partial charge in [-0.05, 0) is 30.7 Å². The maximum atomic E-state index is 13.7. The molecule has 1 atom stereocenters. The summed E-state index contributed by atoms with van der Waals surface area (Å²) in [4.78, 5) is 60.5. The van der Waals surface area contributed by atoms with Gasteiger partial charge in [0.25, 0.3) is 11.5 Å². The number of rotatable bonds is 7. The number of thiocarbonyl (C=S) groups is 1. The highest BCUT2D eigenvalue weighted by Crippen LogP contribution is 2.35. The Labute approximate surface area is 233 Å². The Kier molecular flexibility index (Phi) is 7.75. The summed E-state index contributed by atoms with van der Waals surface area (Å²) in [6.07, 6.45) is 2.86. The molecule has 39 heavy (non-hydrogen) atoms. The van der Waals surface area contributed by atoms with Crippen LogP contribution in [0, 0.1) is 0 Å². The third-order valence-electron chi connectivity index (χ3n) is 6.35. The number of piperazine rings is 1. The maximum absolute atomic E-state index is 13.7. The molecule has 0 bridgehead atoms. The second kappa shape index (κ2) is 11.4. The van der Waals surface area contributed by atoms with Crippen molar-refractivity contribution in [1.82, 2.24) is 19.6 Å². The van der Waals surface area contributed by atoms with Crippen molar-refractivity contribution in [3.63, 3.8) is 0 Å². The molecule has 1 aromatic carbocycles. The molecule has 200 valence electrons. The molecule has 0 saturated carbocycles. The van der Waals surface area contributed by atoms with Crippen LogP contribution < -0.4 is 15.8 Å². The number of pyridine rings is 1. The predicted octanol–water partition coefficient (Wildman–Crippen LogP) is 2.35. The molecule has 2 aliphatic rings. The molecule has 2 aromatic heterocycles. The zero-order valence-electron chi connectivity index (χ0n) is 21.0. The van der Waals surface area contributed by atoms with Gasteiger partial charge < -0.3 is 15.0 Å². The van der Waals surface area contributed by atoms with E-state index in [1.165, 1.54) is 15.4 Å². The number of hydrogen-bond acceptors (Lipinski definition) is 9. The van der Waals surface area contributed by atoms with Crippen molar-refractivity contribution in [3.05, 3.63) is 81.1 Å². The highest BCUT2D eigenvalue weighted by Gasteiger charge is 2.36. The SMILES string of the molecule is CCOC(=O)CC1C(=O)NCCN1c1nc2ccccn2c(=O)c1C=C1SC(=S)N(Cc2ccccc2)C1=O. The van der Waals surface area contributed by atoms with E-state index in [-0.39, 0.29) is 41.1 Å². The molecular formula is C27H25N5O5S2. The first-order valence-electron chi connectivity index (χ1n) is 12.4. The minimum Gasteiger partial charge on any atom is -0.466 e. The molecule has 0 spiro atoms. The summed E-state index contributed by atoms with van der Waals surface area (Å²) < 4.78 is 6.84. The summed E-state index contributed by atoms with van der Waals surface area (Å²) in [5.74, 6) is -1.02. The molecule has 5 rings (SSSR count). The van der Waals surface area contributed by atoms with Gasteiger partial charge in [0.1, 0.15) is 21.8 Å². The second-order valence-corrected chi connectivity index (χ2v) is 10.5. The first-order chi connectivity index (χ1) is 18.9. The number of carbonyl (C=O) groups excluding carboxylic acids is 3. The molecule has 12 heteroatoms. The summed E-state index contributed by atoms with van der Waals surface area (Å²) in [6, 6.07) is 13.7. The monoisotopic (exact) mass is 563 g/mol. The van der Waals surface area contributed by atoms with E-state index in [2.05, 4.69) is 5.32 Å². The van der Waals surface area contributed by atoms with Gasteiger partial charge in [-0.15, -0.1) is 0 Å². The van der Waals surface area contributed by atoms with Crippen molar-refractivity contribution in [3.8, 4) is 0 Å². The fourth-order valence-corrected chi connectivity index (χ4v) is 5.76. The van der Waals surface area contributed by atoms with Crippen LogP contribution in [0.4, 0.5) is 5.82 Å². The van der Waals surface area contributed by atoms with Gasteiger partial charge in [-0.3, -0.25) is 28.5 Å². The Hall–Kier alpha value is -4.03. The number of nitrogens with zero attached hydrogens (tertiary/aromatic N) is 4. The molecule has 1 N–H and O–H groups in total. The van der Waals surface area contributed by atoms with Crippen LogP contribution in [0.2, 0.25) is 0 Å². The highest BCUT2D eigenvalue weighted by molar-refractivity contribution is 8.26. The van der Waals surface area contributed by atoms with Crippen LogP contribution in [0.15, 0.2) is 64.4 Å².